The van der Waals surface area contributed by atoms with E-state index in [0.29, 0.717) is 36.0 Å². The first-order valence-corrected chi connectivity index (χ1v) is 7.28. The SMILES string of the molecule is Cc1nc(CN(C)C(=O)C2C3C4CCC(C4)C23)n[nH]1. The second kappa shape index (κ2) is 3.81. The molecule has 4 atom stereocenters. The number of fused-ring (bicyclic) bond motifs is 5. The van der Waals surface area contributed by atoms with Gasteiger partial charge in [-0.1, -0.05) is 0 Å². The fourth-order valence-corrected chi connectivity index (χ4v) is 4.66. The highest BCUT2D eigenvalue weighted by Gasteiger charge is 2.67. The summed E-state index contributed by atoms with van der Waals surface area (Å²) in [5.41, 5.74) is 0. The van der Waals surface area contributed by atoms with E-state index < -0.39 is 0 Å². The van der Waals surface area contributed by atoms with E-state index >= 15 is 0 Å². The van der Waals surface area contributed by atoms with Crippen LogP contribution in [0, 0.1) is 36.5 Å². The van der Waals surface area contributed by atoms with Crippen LogP contribution in [0.25, 0.3) is 0 Å². The van der Waals surface area contributed by atoms with Crippen molar-refractivity contribution < 1.29 is 4.79 Å². The monoisotopic (exact) mass is 260 g/mol. The molecule has 1 heterocycles. The first-order chi connectivity index (χ1) is 9.15. The predicted octanol–water partition coefficient (Wildman–Crippen LogP) is 1.36. The molecule has 1 N–H and O–H groups in total. The Morgan fingerprint density at radius 3 is 2.63 bits per heavy atom. The Labute approximate surface area is 112 Å². The lowest BCUT2D eigenvalue weighted by atomic mass is 10.0. The summed E-state index contributed by atoms with van der Waals surface area (Å²) in [6, 6.07) is 0. The van der Waals surface area contributed by atoms with Crippen LogP contribution in [-0.4, -0.2) is 33.0 Å². The van der Waals surface area contributed by atoms with Crippen molar-refractivity contribution in [1.82, 2.24) is 20.1 Å². The number of rotatable bonds is 3. The molecule has 3 saturated carbocycles. The third-order valence-corrected chi connectivity index (χ3v) is 5.42. The van der Waals surface area contributed by atoms with Crippen molar-refractivity contribution in [1.29, 1.82) is 0 Å². The number of hydrogen-bond donors (Lipinski definition) is 1. The molecule has 3 aliphatic rings. The fourth-order valence-electron chi connectivity index (χ4n) is 4.66. The fraction of sp³-hybridized carbons (Fsp3) is 0.786. The van der Waals surface area contributed by atoms with Crippen LogP contribution >= 0.6 is 0 Å². The number of aromatic amines is 1. The van der Waals surface area contributed by atoms with Crippen LogP contribution in [0.4, 0.5) is 0 Å². The standard InChI is InChI=1S/C14H20N4O/c1-7-15-10(17-16-7)6-18(2)14(19)13-11-8-3-4-9(5-8)12(11)13/h8-9,11-13H,3-6H2,1-2H3,(H,15,16,17). The molecule has 3 aliphatic carbocycles. The van der Waals surface area contributed by atoms with Crippen LogP contribution in [0.1, 0.15) is 30.9 Å². The molecule has 4 rings (SSSR count). The van der Waals surface area contributed by atoms with E-state index in [4.69, 9.17) is 0 Å². The molecule has 4 unspecified atom stereocenters. The molecule has 0 radical (unpaired) electrons. The van der Waals surface area contributed by atoms with Gasteiger partial charge in [-0.05, 0) is 49.9 Å². The Balaban J connectivity index is 1.42. The maximum atomic E-state index is 12.5. The van der Waals surface area contributed by atoms with Gasteiger partial charge in [0.05, 0.1) is 6.54 Å². The van der Waals surface area contributed by atoms with Gasteiger partial charge >= 0.3 is 0 Å². The minimum Gasteiger partial charge on any atom is -0.338 e. The molecule has 2 bridgehead atoms. The van der Waals surface area contributed by atoms with Crippen LogP contribution in [0.2, 0.25) is 0 Å². The molecule has 5 nitrogen and oxygen atoms in total. The lowest BCUT2D eigenvalue weighted by Crippen LogP contribution is -2.30. The third kappa shape index (κ3) is 1.63. The van der Waals surface area contributed by atoms with Crippen LogP contribution < -0.4 is 0 Å². The molecule has 0 spiro atoms. The van der Waals surface area contributed by atoms with Gasteiger partial charge in [0.2, 0.25) is 5.91 Å². The van der Waals surface area contributed by atoms with Gasteiger partial charge in [0, 0.05) is 13.0 Å². The normalized spacial score (nSPS) is 38.3. The molecule has 5 heteroatoms. The van der Waals surface area contributed by atoms with Crippen molar-refractivity contribution in [2.75, 3.05) is 7.05 Å². The second-order valence-electron chi connectivity index (χ2n) is 6.55. The highest BCUT2D eigenvalue weighted by molar-refractivity contribution is 5.82. The van der Waals surface area contributed by atoms with Gasteiger partial charge in [-0.25, -0.2) is 4.98 Å². The molecule has 0 aromatic carbocycles. The van der Waals surface area contributed by atoms with Crippen molar-refractivity contribution in [3.05, 3.63) is 11.6 Å². The summed E-state index contributed by atoms with van der Waals surface area (Å²) < 4.78 is 0. The molecule has 102 valence electrons. The highest BCUT2D eigenvalue weighted by Crippen LogP contribution is 2.69. The van der Waals surface area contributed by atoms with Crippen molar-refractivity contribution in [3.63, 3.8) is 0 Å². The number of hydrogen-bond acceptors (Lipinski definition) is 3. The maximum absolute atomic E-state index is 12.5. The van der Waals surface area contributed by atoms with Gasteiger partial charge in [0.1, 0.15) is 5.82 Å². The first kappa shape index (κ1) is 11.4. The molecule has 19 heavy (non-hydrogen) atoms. The summed E-state index contributed by atoms with van der Waals surface area (Å²) in [6.45, 7) is 2.40. The van der Waals surface area contributed by atoms with Gasteiger partial charge in [-0.15, -0.1) is 0 Å². The van der Waals surface area contributed by atoms with Crippen molar-refractivity contribution in [2.24, 2.45) is 29.6 Å². The lowest BCUT2D eigenvalue weighted by molar-refractivity contribution is -0.133. The van der Waals surface area contributed by atoms with Gasteiger partial charge in [0.15, 0.2) is 5.82 Å². The summed E-state index contributed by atoms with van der Waals surface area (Å²) in [6.07, 6.45) is 4.11. The minimum atomic E-state index is 0.314. The number of nitrogens with one attached hydrogen (secondary N) is 1. The summed E-state index contributed by atoms with van der Waals surface area (Å²) in [5, 5.41) is 6.93. The lowest BCUT2D eigenvalue weighted by Gasteiger charge is -2.17. The summed E-state index contributed by atoms with van der Waals surface area (Å²) >= 11 is 0. The average molecular weight is 260 g/mol. The van der Waals surface area contributed by atoms with Crippen molar-refractivity contribution in [2.45, 2.75) is 32.7 Å². The Kier molecular flexibility index (Phi) is 2.29. The molecular formula is C14H20N4O. The molecule has 0 aliphatic heterocycles. The quantitative estimate of drug-likeness (QED) is 0.892. The average Bonchev–Trinajstić information content (AvgIpc) is 2.73. The second-order valence-corrected chi connectivity index (χ2v) is 6.55. The molecule has 1 aromatic heterocycles. The minimum absolute atomic E-state index is 0.314. The van der Waals surface area contributed by atoms with Crippen LogP contribution in [-0.2, 0) is 11.3 Å². The number of aryl methyl sites for hydroxylation is 1. The van der Waals surface area contributed by atoms with E-state index in [9.17, 15) is 4.79 Å². The Morgan fingerprint density at radius 1 is 1.37 bits per heavy atom. The number of H-pyrrole nitrogens is 1. The molecule has 1 aromatic rings. The predicted molar refractivity (Wildman–Crippen MR) is 68.9 cm³/mol. The molecule has 3 fully saturated rings. The maximum Gasteiger partial charge on any atom is 0.226 e. The van der Waals surface area contributed by atoms with E-state index in [-0.39, 0.29) is 0 Å². The van der Waals surface area contributed by atoms with E-state index in [1.54, 1.807) is 0 Å². The van der Waals surface area contributed by atoms with Crippen molar-refractivity contribution in [3.8, 4) is 0 Å². The third-order valence-electron chi connectivity index (χ3n) is 5.42. The number of aromatic nitrogens is 3. The molecule has 0 saturated heterocycles. The number of amides is 1. The van der Waals surface area contributed by atoms with Crippen LogP contribution in [0.5, 0.6) is 0 Å². The highest BCUT2D eigenvalue weighted by atomic mass is 16.2. The Morgan fingerprint density at radius 2 is 2.05 bits per heavy atom. The zero-order valence-electron chi connectivity index (χ0n) is 11.5. The first-order valence-electron chi connectivity index (χ1n) is 7.28. The van der Waals surface area contributed by atoms with Gasteiger partial charge in [-0.3, -0.25) is 9.89 Å². The van der Waals surface area contributed by atoms with Gasteiger partial charge in [-0.2, -0.15) is 5.10 Å². The number of nitrogens with zero attached hydrogens (tertiary/aromatic N) is 3. The van der Waals surface area contributed by atoms with E-state index in [2.05, 4.69) is 15.2 Å². The van der Waals surface area contributed by atoms with E-state index in [1.165, 1.54) is 19.3 Å². The zero-order chi connectivity index (χ0) is 13.1. The summed E-state index contributed by atoms with van der Waals surface area (Å²) in [5.74, 6) is 5.26. The smallest absolute Gasteiger partial charge is 0.226 e. The summed E-state index contributed by atoms with van der Waals surface area (Å²) in [4.78, 5) is 18.6. The zero-order valence-corrected chi connectivity index (χ0v) is 11.5. The summed E-state index contributed by atoms with van der Waals surface area (Å²) in [7, 11) is 1.88. The number of carbonyl (C=O) groups is 1. The Hall–Kier alpha value is -1.39. The topological polar surface area (TPSA) is 61.9 Å². The van der Waals surface area contributed by atoms with Crippen LogP contribution in [0.3, 0.4) is 0 Å². The van der Waals surface area contributed by atoms with E-state index in [1.807, 2.05) is 18.9 Å². The largest absolute Gasteiger partial charge is 0.338 e. The van der Waals surface area contributed by atoms with Gasteiger partial charge in [0.25, 0.3) is 0 Å². The molecular weight excluding hydrogens is 240 g/mol. The van der Waals surface area contributed by atoms with Crippen LogP contribution in [0.15, 0.2) is 0 Å². The molecule has 1 amide bonds. The Bertz CT molecular complexity index is 509. The van der Waals surface area contributed by atoms with Gasteiger partial charge < -0.3 is 4.90 Å². The van der Waals surface area contributed by atoms with E-state index in [0.717, 1.165) is 17.7 Å². The number of carbonyl (C=O) groups excluding carboxylic acids is 1. The van der Waals surface area contributed by atoms with Crippen molar-refractivity contribution >= 4 is 5.91 Å².